The second kappa shape index (κ2) is 4.78. The van der Waals surface area contributed by atoms with E-state index in [1.54, 1.807) is 13.0 Å². The maximum Gasteiger partial charge on any atom is 0.260 e. The zero-order valence-corrected chi connectivity index (χ0v) is 12.0. The molecule has 0 fully saturated rings. The SMILES string of the molecule is Cc1cc(CNS(=O)(=O)c2c(Br)nnn2C)no1. The molecule has 98 valence electrons. The van der Waals surface area contributed by atoms with Gasteiger partial charge in [-0.3, -0.25) is 0 Å². The molecule has 2 heterocycles. The number of hydrogen-bond donors (Lipinski definition) is 1. The fraction of sp³-hybridized carbons (Fsp3) is 0.375. The summed E-state index contributed by atoms with van der Waals surface area (Å²) in [6.07, 6.45) is 0. The number of sulfonamides is 1. The lowest BCUT2D eigenvalue weighted by Crippen LogP contribution is -2.25. The van der Waals surface area contributed by atoms with Gasteiger partial charge >= 0.3 is 0 Å². The van der Waals surface area contributed by atoms with E-state index in [0.717, 1.165) is 0 Å². The summed E-state index contributed by atoms with van der Waals surface area (Å²) in [5.74, 6) is 0.618. The number of nitrogens with one attached hydrogen (secondary N) is 1. The molecule has 0 saturated heterocycles. The molecule has 0 aliphatic carbocycles. The van der Waals surface area contributed by atoms with E-state index in [-0.39, 0.29) is 16.2 Å². The normalized spacial score (nSPS) is 11.9. The highest BCUT2D eigenvalue weighted by molar-refractivity contribution is 9.10. The Morgan fingerprint density at radius 3 is 2.78 bits per heavy atom. The monoisotopic (exact) mass is 335 g/mol. The van der Waals surface area contributed by atoms with E-state index < -0.39 is 10.0 Å². The molecule has 2 rings (SSSR count). The molecule has 10 heteroatoms. The first kappa shape index (κ1) is 13.2. The van der Waals surface area contributed by atoms with Gasteiger partial charge in [0.1, 0.15) is 5.76 Å². The van der Waals surface area contributed by atoms with Gasteiger partial charge in [-0.2, -0.15) is 0 Å². The number of hydrogen-bond acceptors (Lipinski definition) is 6. The van der Waals surface area contributed by atoms with Crippen molar-refractivity contribution in [1.29, 1.82) is 0 Å². The molecule has 0 radical (unpaired) electrons. The number of aromatic nitrogens is 4. The smallest absolute Gasteiger partial charge is 0.260 e. The van der Waals surface area contributed by atoms with Crippen molar-refractivity contribution in [1.82, 2.24) is 24.9 Å². The summed E-state index contributed by atoms with van der Waals surface area (Å²) >= 11 is 3.04. The van der Waals surface area contributed by atoms with Crippen molar-refractivity contribution < 1.29 is 12.9 Å². The van der Waals surface area contributed by atoms with Crippen molar-refractivity contribution in [2.24, 2.45) is 7.05 Å². The van der Waals surface area contributed by atoms with Gasteiger partial charge in [0.05, 0.1) is 12.2 Å². The molecule has 2 aromatic heterocycles. The molecular formula is C8H10BrN5O3S. The van der Waals surface area contributed by atoms with E-state index in [9.17, 15) is 8.42 Å². The Hall–Kier alpha value is -1.26. The Kier molecular flexibility index (Phi) is 3.50. The minimum Gasteiger partial charge on any atom is -0.361 e. The van der Waals surface area contributed by atoms with Crippen LogP contribution in [-0.2, 0) is 23.6 Å². The van der Waals surface area contributed by atoms with Gasteiger partial charge in [0.2, 0.25) is 5.03 Å². The lowest BCUT2D eigenvalue weighted by atomic mass is 10.4. The quantitative estimate of drug-likeness (QED) is 0.864. The van der Waals surface area contributed by atoms with Crippen LogP contribution in [0.2, 0.25) is 0 Å². The zero-order chi connectivity index (χ0) is 13.3. The minimum absolute atomic E-state index is 0.0390. The topological polar surface area (TPSA) is 103 Å². The predicted octanol–water partition coefficient (Wildman–Crippen LogP) is 0.353. The predicted molar refractivity (Wildman–Crippen MR) is 64.0 cm³/mol. The van der Waals surface area contributed by atoms with Gasteiger partial charge in [-0.15, -0.1) is 5.10 Å². The molecule has 0 aliphatic rings. The van der Waals surface area contributed by atoms with Gasteiger partial charge in [-0.1, -0.05) is 10.4 Å². The first-order valence-electron chi connectivity index (χ1n) is 4.87. The summed E-state index contributed by atoms with van der Waals surface area (Å²) in [5.41, 5.74) is 0.502. The highest BCUT2D eigenvalue weighted by Gasteiger charge is 2.23. The van der Waals surface area contributed by atoms with E-state index >= 15 is 0 Å². The molecular weight excluding hydrogens is 326 g/mol. The summed E-state index contributed by atoms with van der Waals surface area (Å²) in [6, 6.07) is 1.65. The molecule has 0 spiro atoms. The average Bonchev–Trinajstić information content (AvgIpc) is 2.83. The summed E-state index contributed by atoms with van der Waals surface area (Å²) in [6.45, 7) is 1.77. The van der Waals surface area contributed by atoms with Gasteiger partial charge in [-0.25, -0.2) is 17.8 Å². The third-order valence-corrected chi connectivity index (χ3v) is 4.40. The van der Waals surface area contributed by atoms with E-state index in [2.05, 4.69) is 36.1 Å². The van der Waals surface area contributed by atoms with Gasteiger partial charge in [0.15, 0.2) is 4.60 Å². The molecule has 18 heavy (non-hydrogen) atoms. The molecule has 0 aromatic carbocycles. The van der Waals surface area contributed by atoms with Gasteiger partial charge in [-0.05, 0) is 22.9 Å². The van der Waals surface area contributed by atoms with Crippen LogP contribution in [0.3, 0.4) is 0 Å². The van der Waals surface area contributed by atoms with Crippen LogP contribution in [0.25, 0.3) is 0 Å². The molecule has 1 N–H and O–H groups in total. The first-order chi connectivity index (χ1) is 8.40. The number of rotatable bonds is 4. The van der Waals surface area contributed by atoms with Crippen molar-refractivity contribution in [2.45, 2.75) is 18.5 Å². The Balaban J connectivity index is 2.18. The molecule has 0 amide bonds. The van der Waals surface area contributed by atoms with Crippen molar-refractivity contribution >= 4 is 26.0 Å². The van der Waals surface area contributed by atoms with Crippen LogP contribution in [0.5, 0.6) is 0 Å². The van der Waals surface area contributed by atoms with Gasteiger partial charge in [0.25, 0.3) is 10.0 Å². The molecule has 8 nitrogen and oxygen atoms in total. The second-order valence-electron chi connectivity index (χ2n) is 3.56. The third-order valence-electron chi connectivity index (χ3n) is 2.11. The van der Waals surface area contributed by atoms with E-state index in [4.69, 9.17) is 4.52 Å². The maximum absolute atomic E-state index is 12.0. The molecule has 0 saturated carbocycles. The molecule has 0 aliphatic heterocycles. The molecule has 0 unspecified atom stereocenters. The third kappa shape index (κ3) is 2.60. The number of nitrogens with zero attached hydrogens (tertiary/aromatic N) is 4. The lowest BCUT2D eigenvalue weighted by Gasteiger charge is -2.04. The Morgan fingerprint density at radius 1 is 1.56 bits per heavy atom. The van der Waals surface area contributed by atoms with Gasteiger partial charge < -0.3 is 4.52 Å². The van der Waals surface area contributed by atoms with Crippen molar-refractivity contribution in [3.63, 3.8) is 0 Å². The largest absolute Gasteiger partial charge is 0.361 e. The van der Waals surface area contributed by atoms with Crippen LogP contribution in [0.15, 0.2) is 20.2 Å². The summed E-state index contributed by atoms with van der Waals surface area (Å²) in [4.78, 5) is 0. The number of aryl methyl sites for hydroxylation is 2. The van der Waals surface area contributed by atoms with Crippen LogP contribution in [0.4, 0.5) is 0 Å². The Morgan fingerprint density at radius 2 is 2.28 bits per heavy atom. The fourth-order valence-electron chi connectivity index (χ4n) is 1.35. The fourth-order valence-corrected chi connectivity index (χ4v) is 3.44. The maximum atomic E-state index is 12.0. The van der Waals surface area contributed by atoms with Crippen LogP contribution < -0.4 is 4.72 Å². The summed E-state index contributed by atoms with van der Waals surface area (Å²) in [7, 11) is -2.22. The minimum atomic E-state index is -3.71. The molecule has 0 atom stereocenters. The second-order valence-corrected chi connectivity index (χ2v) is 6.00. The number of halogens is 1. The average molecular weight is 336 g/mol. The highest BCUT2D eigenvalue weighted by Crippen LogP contribution is 2.17. The molecule has 2 aromatic rings. The van der Waals surface area contributed by atoms with Gasteiger partial charge in [0, 0.05) is 13.1 Å². The van der Waals surface area contributed by atoms with E-state index in [0.29, 0.717) is 11.5 Å². The summed E-state index contributed by atoms with van der Waals surface area (Å²) < 4.78 is 32.6. The van der Waals surface area contributed by atoms with Crippen LogP contribution in [0, 0.1) is 6.92 Å². The van der Waals surface area contributed by atoms with E-state index in [1.807, 2.05) is 0 Å². The summed E-state index contributed by atoms with van der Waals surface area (Å²) in [5, 5.41) is 10.9. The lowest BCUT2D eigenvalue weighted by molar-refractivity contribution is 0.390. The standard InChI is InChI=1S/C8H10BrN5O3S/c1-5-3-6(12-17-5)4-10-18(15,16)8-7(9)11-13-14(8)2/h3,10H,4H2,1-2H3. The molecule has 0 bridgehead atoms. The van der Waals surface area contributed by atoms with Crippen LogP contribution >= 0.6 is 15.9 Å². The Bertz CT molecular complexity index is 643. The highest BCUT2D eigenvalue weighted by atomic mass is 79.9. The van der Waals surface area contributed by atoms with Crippen molar-refractivity contribution in [2.75, 3.05) is 0 Å². The first-order valence-corrected chi connectivity index (χ1v) is 7.15. The Labute approximate surface area is 112 Å². The van der Waals surface area contributed by atoms with Crippen LogP contribution in [0.1, 0.15) is 11.5 Å². The van der Waals surface area contributed by atoms with E-state index in [1.165, 1.54) is 11.7 Å². The zero-order valence-electron chi connectivity index (χ0n) is 9.58. The van der Waals surface area contributed by atoms with Crippen molar-refractivity contribution in [3.8, 4) is 0 Å². The van der Waals surface area contributed by atoms with Crippen molar-refractivity contribution in [3.05, 3.63) is 22.1 Å². The van der Waals surface area contributed by atoms with Crippen LogP contribution in [-0.4, -0.2) is 28.6 Å².